The molecular formula is C17H18FN5O. The van der Waals surface area contributed by atoms with E-state index >= 15 is 0 Å². The second kappa shape index (κ2) is 6.14. The van der Waals surface area contributed by atoms with Crippen LogP contribution in [0.15, 0.2) is 28.8 Å². The normalized spacial score (nSPS) is 15.2. The quantitative estimate of drug-likeness (QED) is 0.734. The largest absolute Gasteiger partial charge is 0.339 e. The fraction of sp³-hybridized carbons (Fsp3) is 0.412. The third kappa shape index (κ3) is 2.81. The third-order valence-corrected chi connectivity index (χ3v) is 4.59. The van der Waals surface area contributed by atoms with Gasteiger partial charge in [-0.15, -0.1) is 5.10 Å². The van der Waals surface area contributed by atoms with Crippen LogP contribution < -0.4 is 0 Å². The number of benzene rings is 1. The number of nitrogens with zero attached hydrogens (tertiary/aromatic N) is 5. The molecule has 0 bridgehead atoms. The van der Waals surface area contributed by atoms with E-state index in [0.717, 1.165) is 24.1 Å². The summed E-state index contributed by atoms with van der Waals surface area (Å²) in [4.78, 5) is 4.51. The summed E-state index contributed by atoms with van der Waals surface area (Å²) in [5.74, 6) is 1.32. The number of hydrogen-bond acceptors (Lipinski definition) is 5. The van der Waals surface area contributed by atoms with Gasteiger partial charge in [-0.25, -0.2) is 9.07 Å². The second-order valence-corrected chi connectivity index (χ2v) is 6.25. The molecule has 0 amide bonds. The van der Waals surface area contributed by atoms with Crippen LogP contribution in [0.2, 0.25) is 0 Å². The van der Waals surface area contributed by atoms with Gasteiger partial charge in [0.15, 0.2) is 5.69 Å². The summed E-state index contributed by atoms with van der Waals surface area (Å²) in [7, 11) is 0. The molecule has 7 heteroatoms. The molecule has 0 radical (unpaired) electrons. The predicted molar refractivity (Wildman–Crippen MR) is 84.8 cm³/mol. The number of rotatable bonds is 4. The molecule has 1 aliphatic rings. The molecule has 0 saturated heterocycles. The highest BCUT2D eigenvalue weighted by molar-refractivity contribution is 5.50. The molecule has 0 spiro atoms. The van der Waals surface area contributed by atoms with Crippen molar-refractivity contribution in [3.63, 3.8) is 0 Å². The van der Waals surface area contributed by atoms with E-state index in [0.29, 0.717) is 29.9 Å². The van der Waals surface area contributed by atoms with E-state index in [-0.39, 0.29) is 5.82 Å². The van der Waals surface area contributed by atoms with Crippen LogP contribution in [0.4, 0.5) is 4.39 Å². The lowest BCUT2D eigenvalue weighted by Crippen LogP contribution is -2.04. The predicted octanol–water partition coefficient (Wildman–Crippen LogP) is 3.48. The summed E-state index contributed by atoms with van der Waals surface area (Å²) in [6.45, 7) is 2.44. The number of hydrogen-bond donors (Lipinski definition) is 0. The smallest absolute Gasteiger partial charge is 0.230 e. The van der Waals surface area contributed by atoms with Gasteiger partial charge in [0.1, 0.15) is 5.82 Å². The van der Waals surface area contributed by atoms with Crippen LogP contribution in [-0.4, -0.2) is 25.1 Å². The minimum atomic E-state index is -0.249. The summed E-state index contributed by atoms with van der Waals surface area (Å²) < 4.78 is 20.2. The van der Waals surface area contributed by atoms with Gasteiger partial charge >= 0.3 is 0 Å². The molecule has 124 valence electrons. The van der Waals surface area contributed by atoms with Crippen LogP contribution in [0.25, 0.3) is 11.5 Å². The van der Waals surface area contributed by atoms with Crippen LogP contribution in [0.1, 0.15) is 48.7 Å². The Kier molecular flexibility index (Phi) is 3.84. The topological polar surface area (TPSA) is 69.6 Å². The Morgan fingerprint density at radius 2 is 1.96 bits per heavy atom. The fourth-order valence-corrected chi connectivity index (χ4v) is 3.15. The monoisotopic (exact) mass is 327 g/mol. The molecule has 0 unspecified atom stereocenters. The molecule has 0 N–H and O–H groups in total. The van der Waals surface area contributed by atoms with Gasteiger partial charge in [-0.05, 0) is 37.5 Å². The zero-order valence-electron chi connectivity index (χ0n) is 13.4. The molecule has 3 aromatic rings. The van der Waals surface area contributed by atoms with Gasteiger partial charge in [0.05, 0.1) is 12.2 Å². The van der Waals surface area contributed by atoms with Crippen molar-refractivity contribution in [2.45, 2.75) is 45.1 Å². The lowest BCUT2D eigenvalue weighted by molar-refractivity contribution is 0.354. The molecule has 1 aromatic carbocycles. The highest BCUT2D eigenvalue weighted by atomic mass is 19.1. The Morgan fingerprint density at radius 1 is 1.21 bits per heavy atom. The minimum absolute atomic E-state index is 0.249. The van der Waals surface area contributed by atoms with Gasteiger partial charge in [0.25, 0.3) is 0 Å². The zero-order valence-corrected chi connectivity index (χ0v) is 13.4. The average Bonchev–Trinajstić information content (AvgIpc) is 3.31. The second-order valence-electron chi connectivity index (χ2n) is 6.25. The van der Waals surface area contributed by atoms with Crippen LogP contribution in [0.5, 0.6) is 0 Å². The Morgan fingerprint density at radius 3 is 2.71 bits per heavy atom. The van der Waals surface area contributed by atoms with Gasteiger partial charge in [0.2, 0.25) is 11.7 Å². The zero-order chi connectivity index (χ0) is 16.5. The maximum absolute atomic E-state index is 13.0. The third-order valence-electron chi connectivity index (χ3n) is 4.59. The lowest BCUT2D eigenvalue weighted by atomic mass is 10.1. The molecule has 24 heavy (non-hydrogen) atoms. The summed E-state index contributed by atoms with van der Waals surface area (Å²) in [5, 5.41) is 12.4. The molecule has 0 aliphatic heterocycles. The van der Waals surface area contributed by atoms with Crippen LogP contribution in [0.3, 0.4) is 0 Å². The van der Waals surface area contributed by atoms with Gasteiger partial charge in [0, 0.05) is 5.92 Å². The minimum Gasteiger partial charge on any atom is -0.339 e. The van der Waals surface area contributed by atoms with Crippen LogP contribution in [0, 0.1) is 12.7 Å². The van der Waals surface area contributed by atoms with Gasteiger partial charge in [-0.3, -0.25) is 0 Å². The van der Waals surface area contributed by atoms with Crippen molar-refractivity contribution in [2.24, 2.45) is 0 Å². The van der Waals surface area contributed by atoms with E-state index in [9.17, 15) is 4.39 Å². The molecule has 1 fully saturated rings. The Balaban J connectivity index is 1.56. The van der Waals surface area contributed by atoms with E-state index in [4.69, 9.17) is 4.52 Å². The first-order chi connectivity index (χ1) is 11.7. The van der Waals surface area contributed by atoms with Gasteiger partial charge in [-0.1, -0.05) is 35.3 Å². The van der Waals surface area contributed by atoms with Crippen molar-refractivity contribution in [3.05, 3.63) is 47.2 Å². The van der Waals surface area contributed by atoms with Crippen molar-refractivity contribution >= 4 is 0 Å². The highest BCUT2D eigenvalue weighted by Crippen LogP contribution is 2.33. The highest BCUT2D eigenvalue weighted by Gasteiger charge is 2.25. The van der Waals surface area contributed by atoms with Gasteiger partial charge in [-0.2, -0.15) is 4.98 Å². The first kappa shape index (κ1) is 15.0. The maximum atomic E-state index is 13.0. The molecule has 4 rings (SSSR count). The average molecular weight is 327 g/mol. The summed E-state index contributed by atoms with van der Waals surface area (Å²) in [5.41, 5.74) is 2.44. The fourth-order valence-electron chi connectivity index (χ4n) is 3.15. The number of aromatic nitrogens is 5. The van der Waals surface area contributed by atoms with Crippen LogP contribution in [-0.2, 0) is 6.54 Å². The Bertz CT molecular complexity index is 833. The Labute approximate surface area is 138 Å². The van der Waals surface area contributed by atoms with E-state index in [1.165, 1.54) is 25.0 Å². The standard InChI is InChI=1S/C17H18FN5O/c1-11-15(16-19-17(24-21-16)13-4-2-3-5-13)20-22-23(11)10-12-6-8-14(18)9-7-12/h6-9,13H,2-5,10H2,1H3. The summed E-state index contributed by atoms with van der Waals surface area (Å²) in [6, 6.07) is 6.36. The molecule has 1 aliphatic carbocycles. The first-order valence-corrected chi connectivity index (χ1v) is 8.19. The molecular weight excluding hydrogens is 309 g/mol. The van der Waals surface area contributed by atoms with Gasteiger partial charge < -0.3 is 4.52 Å². The molecule has 2 heterocycles. The Hall–Kier alpha value is -2.57. The molecule has 6 nitrogen and oxygen atoms in total. The molecule has 2 aromatic heterocycles. The molecule has 1 saturated carbocycles. The van der Waals surface area contributed by atoms with E-state index in [1.54, 1.807) is 16.8 Å². The summed E-state index contributed by atoms with van der Waals surface area (Å²) >= 11 is 0. The van der Waals surface area contributed by atoms with Crippen LogP contribution >= 0.6 is 0 Å². The van der Waals surface area contributed by atoms with Crippen molar-refractivity contribution < 1.29 is 8.91 Å². The lowest BCUT2D eigenvalue weighted by Gasteiger charge is -2.03. The summed E-state index contributed by atoms with van der Waals surface area (Å²) in [6.07, 6.45) is 4.65. The van der Waals surface area contributed by atoms with E-state index in [2.05, 4.69) is 20.5 Å². The molecule has 0 atom stereocenters. The SMILES string of the molecule is Cc1c(-c2noc(C3CCCC3)n2)nnn1Cc1ccc(F)cc1. The van der Waals surface area contributed by atoms with E-state index in [1.807, 2.05) is 6.92 Å². The van der Waals surface area contributed by atoms with Crippen molar-refractivity contribution in [3.8, 4) is 11.5 Å². The van der Waals surface area contributed by atoms with Crippen molar-refractivity contribution in [1.29, 1.82) is 0 Å². The first-order valence-electron chi connectivity index (χ1n) is 8.19. The van der Waals surface area contributed by atoms with Crippen molar-refractivity contribution in [2.75, 3.05) is 0 Å². The van der Waals surface area contributed by atoms with E-state index < -0.39 is 0 Å². The maximum Gasteiger partial charge on any atom is 0.230 e. The number of halogens is 1. The van der Waals surface area contributed by atoms with Crippen molar-refractivity contribution in [1.82, 2.24) is 25.1 Å².